The third kappa shape index (κ3) is 3.72. The molecule has 0 bridgehead atoms. The predicted molar refractivity (Wildman–Crippen MR) is 72.2 cm³/mol. The molecule has 0 aliphatic carbocycles. The summed E-state index contributed by atoms with van der Waals surface area (Å²) in [5.41, 5.74) is 1.35. The maximum atomic E-state index is 4.70. The standard InChI is InChI=1S/C13H22N2S/c1-6-7-10(14-5)8-12-15-11(9-16-12)13(2,3)4/h6,9-10,14H,1,7-8H2,2-5H3. The minimum Gasteiger partial charge on any atom is -0.316 e. The molecule has 1 aromatic heterocycles. The van der Waals surface area contributed by atoms with E-state index in [0.717, 1.165) is 12.8 Å². The van der Waals surface area contributed by atoms with Gasteiger partial charge in [-0.1, -0.05) is 26.8 Å². The molecule has 0 aliphatic rings. The van der Waals surface area contributed by atoms with Crippen LogP contribution in [0.3, 0.4) is 0 Å². The van der Waals surface area contributed by atoms with Gasteiger partial charge in [0.1, 0.15) is 0 Å². The Morgan fingerprint density at radius 2 is 2.25 bits per heavy atom. The molecule has 1 aromatic rings. The third-order valence-corrected chi connectivity index (χ3v) is 3.47. The molecular weight excluding hydrogens is 216 g/mol. The summed E-state index contributed by atoms with van der Waals surface area (Å²) in [5, 5.41) is 6.69. The zero-order valence-electron chi connectivity index (χ0n) is 10.7. The van der Waals surface area contributed by atoms with Crippen LogP contribution < -0.4 is 5.32 Å². The summed E-state index contributed by atoms with van der Waals surface area (Å²) in [6.07, 6.45) is 3.93. The lowest BCUT2D eigenvalue weighted by atomic mass is 9.93. The minimum atomic E-state index is 0.155. The summed E-state index contributed by atoms with van der Waals surface area (Å²) >= 11 is 1.76. The monoisotopic (exact) mass is 238 g/mol. The minimum absolute atomic E-state index is 0.155. The van der Waals surface area contributed by atoms with Gasteiger partial charge in [-0.05, 0) is 13.5 Å². The van der Waals surface area contributed by atoms with E-state index in [1.54, 1.807) is 11.3 Å². The molecule has 1 unspecified atom stereocenters. The van der Waals surface area contributed by atoms with Crippen molar-refractivity contribution < 1.29 is 0 Å². The first kappa shape index (κ1) is 13.4. The van der Waals surface area contributed by atoms with Crippen LogP contribution >= 0.6 is 11.3 Å². The Balaban J connectivity index is 2.67. The van der Waals surface area contributed by atoms with Crippen molar-refractivity contribution in [1.82, 2.24) is 10.3 Å². The smallest absolute Gasteiger partial charge is 0.0944 e. The third-order valence-electron chi connectivity index (χ3n) is 2.60. The first-order valence-electron chi connectivity index (χ1n) is 5.70. The molecule has 2 nitrogen and oxygen atoms in total. The number of thiazole rings is 1. The Morgan fingerprint density at radius 3 is 2.69 bits per heavy atom. The maximum absolute atomic E-state index is 4.70. The van der Waals surface area contributed by atoms with Crippen LogP contribution in [0.25, 0.3) is 0 Å². The van der Waals surface area contributed by atoms with E-state index >= 15 is 0 Å². The molecule has 0 aromatic carbocycles. The van der Waals surface area contributed by atoms with Gasteiger partial charge in [-0.2, -0.15) is 0 Å². The summed E-state index contributed by atoms with van der Waals surface area (Å²) < 4.78 is 0. The fraction of sp³-hybridized carbons (Fsp3) is 0.615. The Labute approximate surface area is 103 Å². The van der Waals surface area contributed by atoms with Crippen LogP contribution in [0.15, 0.2) is 18.0 Å². The normalized spacial score (nSPS) is 13.8. The first-order chi connectivity index (χ1) is 7.47. The van der Waals surface area contributed by atoms with Gasteiger partial charge in [0, 0.05) is 23.3 Å². The Hall–Kier alpha value is -0.670. The number of nitrogens with one attached hydrogen (secondary N) is 1. The number of hydrogen-bond acceptors (Lipinski definition) is 3. The van der Waals surface area contributed by atoms with Crippen molar-refractivity contribution >= 4 is 11.3 Å². The molecule has 0 saturated carbocycles. The summed E-state index contributed by atoms with van der Waals surface area (Å²) in [5.74, 6) is 0. The van der Waals surface area contributed by atoms with Gasteiger partial charge in [0.15, 0.2) is 0 Å². The topological polar surface area (TPSA) is 24.9 Å². The number of nitrogens with zero attached hydrogens (tertiary/aromatic N) is 1. The second-order valence-corrected chi connectivity index (χ2v) is 6.03. The van der Waals surface area contributed by atoms with Crippen LogP contribution in [0.5, 0.6) is 0 Å². The highest BCUT2D eigenvalue weighted by Crippen LogP contribution is 2.24. The zero-order chi connectivity index (χ0) is 12.2. The van der Waals surface area contributed by atoms with Crippen molar-refractivity contribution in [2.24, 2.45) is 0 Å². The SMILES string of the molecule is C=CCC(Cc1nc(C(C)(C)C)cs1)NC. The zero-order valence-corrected chi connectivity index (χ0v) is 11.5. The first-order valence-corrected chi connectivity index (χ1v) is 6.58. The highest BCUT2D eigenvalue weighted by molar-refractivity contribution is 7.09. The van der Waals surface area contributed by atoms with Crippen molar-refractivity contribution in [3.8, 4) is 0 Å². The molecule has 0 saturated heterocycles. The van der Waals surface area contributed by atoms with E-state index in [-0.39, 0.29) is 5.41 Å². The van der Waals surface area contributed by atoms with Crippen molar-refractivity contribution in [3.63, 3.8) is 0 Å². The van der Waals surface area contributed by atoms with Gasteiger partial charge in [0.05, 0.1) is 10.7 Å². The Kier molecular flexibility index (Phi) is 4.69. The summed E-state index contributed by atoms with van der Waals surface area (Å²) in [6, 6.07) is 0.455. The largest absolute Gasteiger partial charge is 0.316 e. The molecule has 16 heavy (non-hydrogen) atoms. The van der Waals surface area contributed by atoms with Crippen LogP contribution in [-0.4, -0.2) is 18.1 Å². The van der Waals surface area contributed by atoms with Crippen LogP contribution in [0.4, 0.5) is 0 Å². The molecule has 1 heterocycles. The van der Waals surface area contributed by atoms with E-state index in [1.165, 1.54) is 10.7 Å². The van der Waals surface area contributed by atoms with Crippen molar-refractivity contribution in [1.29, 1.82) is 0 Å². The lowest BCUT2D eigenvalue weighted by Crippen LogP contribution is -2.26. The lowest BCUT2D eigenvalue weighted by Gasteiger charge is -2.15. The van der Waals surface area contributed by atoms with Gasteiger partial charge in [-0.3, -0.25) is 0 Å². The second kappa shape index (κ2) is 5.60. The Morgan fingerprint density at radius 1 is 1.56 bits per heavy atom. The molecule has 0 aliphatic heterocycles. The van der Waals surface area contributed by atoms with Crippen molar-refractivity contribution in [2.45, 2.75) is 45.1 Å². The van der Waals surface area contributed by atoms with Gasteiger partial charge < -0.3 is 5.32 Å². The summed E-state index contributed by atoms with van der Waals surface area (Å²) in [7, 11) is 1.99. The van der Waals surface area contributed by atoms with Crippen LogP contribution in [0.1, 0.15) is 37.9 Å². The van der Waals surface area contributed by atoms with E-state index in [0.29, 0.717) is 6.04 Å². The number of aromatic nitrogens is 1. The van der Waals surface area contributed by atoms with Gasteiger partial charge in [-0.25, -0.2) is 4.98 Å². The molecule has 1 rings (SSSR count). The molecule has 1 atom stereocenters. The molecule has 0 spiro atoms. The quantitative estimate of drug-likeness (QED) is 0.797. The van der Waals surface area contributed by atoms with E-state index < -0.39 is 0 Å². The van der Waals surface area contributed by atoms with Crippen molar-refractivity contribution in [3.05, 3.63) is 28.7 Å². The van der Waals surface area contributed by atoms with Crippen molar-refractivity contribution in [2.75, 3.05) is 7.05 Å². The molecule has 3 heteroatoms. The van der Waals surface area contributed by atoms with Crippen LogP contribution in [-0.2, 0) is 11.8 Å². The highest BCUT2D eigenvalue weighted by Gasteiger charge is 2.18. The van der Waals surface area contributed by atoms with E-state index in [9.17, 15) is 0 Å². The van der Waals surface area contributed by atoms with E-state index in [2.05, 4.69) is 38.0 Å². The molecular formula is C13H22N2S. The summed E-state index contributed by atoms with van der Waals surface area (Å²) in [4.78, 5) is 4.70. The lowest BCUT2D eigenvalue weighted by molar-refractivity contribution is 0.550. The van der Waals surface area contributed by atoms with Gasteiger partial charge in [0.25, 0.3) is 0 Å². The molecule has 1 N–H and O–H groups in total. The fourth-order valence-corrected chi connectivity index (χ4v) is 2.57. The number of likely N-dealkylation sites (N-methyl/N-ethyl adjacent to an activating group) is 1. The molecule has 0 fully saturated rings. The van der Waals surface area contributed by atoms with Gasteiger partial charge >= 0.3 is 0 Å². The van der Waals surface area contributed by atoms with E-state index in [1.807, 2.05) is 13.1 Å². The van der Waals surface area contributed by atoms with Gasteiger partial charge in [0.2, 0.25) is 0 Å². The highest BCUT2D eigenvalue weighted by atomic mass is 32.1. The average molecular weight is 238 g/mol. The average Bonchev–Trinajstić information content (AvgIpc) is 2.65. The van der Waals surface area contributed by atoms with Crippen LogP contribution in [0.2, 0.25) is 0 Å². The molecule has 0 amide bonds. The predicted octanol–water partition coefficient (Wildman–Crippen LogP) is 3.15. The van der Waals surface area contributed by atoms with E-state index in [4.69, 9.17) is 4.98 Å². The molecule has 0 radical (unpaired) electrons. The number of hydrogen-bond donors (Lipinski definition) is 1. The molecule has 90 valence electrons. The van der Waals surface area contributed by atoms with Crippen LogP contribution in [0, 0.1) is 0 Å². The Bertz CT molecular complexity index is 336. The van der Waals surface area contributed by atoms with Gasteiger partial charge in [-0.15, -0.1) is 17.9 Å². The maximum Gasteiger partial charge on any atom is 0.0944 e. The second-order valence-electron chi connectivity index (χ2n) is 5.09. The number of rotatable bonds is 5. The summed E-state index contributed by atoms with van der Waals surface area (Å²) in [6.45, 7) is 10.4. The fourth-order valence-electron chi connectivity index (χ4n) is 1.46.